The zero-order valence-electron chi connectivity index (χ0n) is 16.1. The summed E-state index contributed by atoms with van der Waals surface area (Å²) in [5.41, 5.74) is 2.97. The fourth-order valence-electron chi connectivity index (χ4n) is 3.84. The maximum absolute atomic E-state index is 13.0. The van der Waals surface area contributed by atoms with E-state index in [1.54, 1.807) is 0 Å². The van der Waals surface area contributed by atoms with Gasteiger partial charge in [0.2, 0.25) is 0 Å². The van der Waals surface area contributed by atoms with Crippen LogP contribution in [0.1, 0.15) is 56.7 Å². The minimum atomic E-state index is -0.117. The molecule has 27 heavy (non-hydrogen) atoms. The number of carbonyl (C=O) groups is 1. The fraction of sp³-hybridized carbons (Fsp3) is 0.450. The summed E-state index contributed by atoms with van der Waals surface area (Å²) in [7, 11) is 0. The van der Waals surface area contributed by atoms with Crippen molar-refractivity contribution in [2.45, 2.75) is 52.1 Å². The third-order valence-electron chi connectivity index (χ3n) is 5.13. The molecule has 3 heterocycles. The molecule has 7 nitrogen and oxygen atoms in total. The number of hydrogen-bond acceptors (Lipinski definition) is 3. The Bertz CT molecular complexity index is 923. The molecule has 2 aromatic heterocycles. The van der Waals surface area contributed by atoms with Crippen LogP contribution >= 0.6 is 0 Å². The summed E-state index contributed by atoms with van der Waals surface area (Å²) in [5, 5.41) is 7.49. The number of para-hydroxylation sites is 2. The van der Waals surface area contributed by atoms with Gasteiger partial charge in [0.25, 0.3) is 0 Å². The quantitative estimate of drug-likeness (QED) is 0.721. The maximum atomic E-state index is 13.0. The lowest BCUT2D eigenvalue weighted by atomic mass is 10.0. The van der Waals surface area contributed by atoms with Gasteiger partial charge >= 0.3 is 6.03 Å². The maximum Gasteiger partial charge on any atom is 0.323 e. The smallest absolute Gasteiger partial charge is 0.323 e. The summed E-state index contributed by atoms with van der Waals surface area (Å²) in [6, 6.07) is 9.98. The number of aromatic nitrogens is 4. The van der Waals surface area contributed by atoms with Crippen LogP contribution < -0.4 is 5.32 Å². The summed E-state index contributed by atoms with van der Waals surface area (Å²) < 4.78 is 1.92. The number of fused-ring (bicyclic) bond motifs is 1. The molecule has 3 aromatic rings. The van der Waals surface area contributed by atoms with Crippen molar-refractivity contribution in [3.8, 4) is 0 Å². The van der Waals surface area contributed by atoms with Crippen LogP contribution in [0.15, 0.2) is 30.3 Å². The van der Waals surface area contributed by atoms with Gasteiger partial charge < -0.3 is 9.88 Å². The number of aryl methyl sites for hydroxylation is 1. The molecule has 2 amide bonds. The number of nitrogens with zero attached hydrogens (tertiary/aromatic N) is 4. The van der Waals surface area contributed by atoms with Gasteiger partial charge in [-0.2, -0.15) is 5.10 Å². The van der Waals surface area contributed by atoms with Crippen LogP contribution in [0.25, 0.3) is 11.0 Å². The first-order valence-electron chi connectivity index (χ1n) is 9.61. The molecule has 1 aliphatic rings. The summed E-state index contributed by atoms with van der Waals surface area (Å²) in [5.74, 6) is 1.45. The number of hydrogen-bond donors (Lipinski definition) is 2. The lowest BCUT2D eigenvalue weighted by molar-refractivity contribution is 0.160. The van der Waals surface area contributed by atoms with Gasteiger partial charge in [-0.1, -0.05) is 12.1 Å². The number of urea groups is 1. The van der Waals surface area contributed by atoms with Crippen LogP contribution in [0.3, 0.4) is 0 Å². The average Bonchev–Trinajstić information content (AvgIpc) is 3.25. The summed E-state index contributed by atoms with van der Waals surface area (Å²) in [4.78, 5) is 23.0. The van der Waals surface area contributed by atoms with Gasteiger partial charge in [-0.25, -0.2) is 9.78 Å². The number of benzene rings is 1. The van der Waals surface area contributed by atoms with Crippen molar-refractivity contribution < 1.29 is 4.79 Å². The molecule has 7 heteroatoms. The fourth-order valence-corrected chi connectivity index (χ4v) is 3.84. The highest BCUT2D eigenvalue weighted by Crippen LogP contribution is 2.31. The first-order valence-corrected chi connectivity index (χ1v) is 9.61. The standard InChI is InChI=1S/C20H26N6O/c1-13(2)26-14(3)12-18(24-26)23-20(27)25-11-7-6-10-17(25)19-21-15-8-4-5-9-16(15)22-19/h4-5,8-9,12-13,17H,6-7,10-11H2,1-3H3,(H,21,22)(H,23,24,27). The molecule has 1 atom stereocenters. The van der Waals surface area contributed by atoms with Gasteiger partial charge in [-0.15, -0.1) is 0 Å². The molecule has 1 unspecified atom stereocenters. The molecule has 0 radical (unpaired) electrons. The van der Waals surface area contributed by atoms with E-state index in [-0.39, 0.29) is 18.1 Å². The summed E-state index contributed by atoms with van der Waals surface area (Å²) >= 11 is 0. The second kappa shape index (κ2) is 7.06. The predicted octanol–water partition coefficient (Wildman–Crippen LogP) is 4.41. The molecule has 0 spiro atoms. The molecule has 0 saturated carbocycles. The monoisotopic (exact) mass is 366 g/mol. The zero-order chi connectivity index (χ0) is 19.0. The van der Waals surface area contributed by atoms with Crippen LogP contribution in [-0.4, -0.2) is 37.2 Å². The molecule has 142 valence electrons. The Morgan fingerprint density at radius 1 is 1.30 bits per heavy atom. The van der Waals surface area contributed by atoms with Crippen molar-refractivity contribution in [3.63, 3.8) is 0 Å². The van der Waals surface area contributed by atoms with E-state index in [4.69, 9.17) is 4.98 Å². The molecule has 1 aromatic carbocycles. The number of nitrogens with one attached hydrogen (secondary N) is 2. The minimum Gasteiger partial charge on any atom is -0.340 e. The highest BCUT2D eigenvalue weighted by atomic mass is 16.2. The van der Waals surface area contributed by atoms with E-state index in [9.17, 15) is 4.79 Å². The van der Waals surface area contributed by atoms with E-state index < -0.39 is 0 Å². The lowest BCUT2D eigenvalue weighted by Gasteiger charge is -2.34. The van der Waals surface area contributed by atoms with Crippen molar-refractivity contribution in [1.82, 2.24) is 24.6 Å². The normalized spacial score (nSPS) is 17.6. The highest BCUT2D eigenvalue weighted by Gasteiger charge is 2.30. The Morgan fingerprint density at radius 2 is 2.11 bits per heavy atom. The Labute approximate surface area is 158 Å². The lowest BCUT2D eigenvalue weighted by Crippen LogP contribution is -2.41. The molecule has 4 rings (SSSR count). The van der Waals surface area contributed by atoms with Crippen molar-refractivity contribution in [2.24, 2.45) is 0 Å². The molecule has 1 saturated heterocycles. The molecular formula is C20H26N6O. The largest absolute Gasteiger partial charge is 0.340 e. The van der Waals surface area contributed by atoms with Crippen LogP contribution in [-0.2, 0) is 0 Å². The third-order valence-corrected chi connectivity index (χ3v) is 5.13. The first kappa shape index (κ1) is 17.6. The van der Waals surface area contributed by atoms with Crippen LogP contribution in [0.5, 0.6) is 0 Å². The molecule has 0 bridgehead atoms. The Hall–Kier alpha value is -2.83. The number of aromatic amines is 1. The minimum absolute atomic E-state index is 0.0422. The van der Waals surface area contributed by atoms with Crippen molar-refractivity contribution in [3.05, 3.63) is 41.9 Å². The summed E-state index contributed by atoms with van der Waals surface area (Å²) in [6.07, 6.45) is 3.00. The number of anilines is 1. The number of H-pyrrole nitrogens is 1. The Balaban J connectivity index is 1.56. The van der Waals surface area contributed by atoms with Gasteiger partial charge in [0.1, 0.15) is 5.82 Å². The van der Waals surface area contributed by atoms with E-state index in [1.807, 2.05) is 46.8 Å². The SMILES string of the molecule is Cc1cc(NC(=O)N2CCCCC2c2nc3ccccc3[nH]2)nn1C(C)C. The Morgan fingerprint density at radius 3 is 2.85 bits per heavy atom. The van der Waals surface area contributed by atoms with E-state index in [1.165, 1.54) is 0 Å². The number of rotatable bonds is 3. The van der Waals surface area contributed by atoms with E-state index in [0.29, 0.717) is 5.82 Å². The van der Waals surface area contributed by atoms with E-state index >= 15 is 0 Å². The summed E-state index contributed by atoms with van der Waals surface area (Å²) in [6.45, 7) is 6.87. The van der Waals surface area contributed by atoms with Crippen LogP contribution in [0.2, 0.25) is 0 Å². The topological polar surface area (TPSA) is 78.8 Å². The highest BCUT2D eigenvalue weighted by molar-refractivity contribution is 5.88. The average molecular weight is 366 g/mol. The predicted molar refractivity (Wildman–Crippen MR) is 106 cm³/mol. The molecule has 0 aliphatic carbocycles. The number of imidazole rings is 1. The van der Waals surface area contributed by atoms with Gasteiger partial charge in [0, 0.05) is 24.3 Å². The molecule has 1 fully saturated rings. The van der Waals surface area contributed by atoms with Crippen molar-refractivity contribution >= 4 is 22.9 Å². The van der Waals surface area contributed by atoms with Crippen LogP contribution in [0, 0.1) is 6.92 Å². The van der Waals surface area contributed by atoms with Gasteiger partial charge in [0.15, 0.2) is 5.82 Å². The van der Waals surface area contributed by atoms with Gasteiger partial charge in [0.05, 0.1) is 17.1 Å². The number of carbonyl (C=O) groups excluding carboxylic acids is 1. The van der Waals surface area contributed by atoms with Crippen LogP contribution in [0.4, 0.5) is 10.6 Å². The van der Waals surface area contributed by atoms with Crippen molar-refractivity contribution in [2.75, 3.05) is 11.9 Å². The number of likely N-dealkylation sites (tertiary alicyclic amines) is 1. The third kappa shape index (κ3) is 3.41. The van der Waals surface area contributed by atoms with Gasteiger partial charge in [-0.3, -0.25) is 10.00 Å². The van der Waals surface area contributed by atoms with Crippen molar-refractivity contribution in [1.29, 1.82) is 0 Å². The molecule has 2 N–H and O–H groups in total. The number of piperidine rings is 1. The second-order valence-corrected chi connectivity index (χ2v) is 7.48. The second-order valence-electron chi connectivity index (χ2n) is 7.48. The van der Waals surface area contributed by atoms with E-state index in [2.05, 4.69) is 29.2 Å². The molecule has 1 aliphatic heterocycles. The Kier molecular flexibility index (Phi) is 4.59. The number of amides is 2. The van der Waals surface area contributed by atoms with E-state index in [0.717, 1.165) is 48.4 Å². The zero-order valence-corrected chi connectivity index (χ0v) is 16.1. The first-order chi connectivity index (χ1) is 13.0. The van der Waals surface area contributed by atoms with Gasteiger partial charge in [-0.05, 0) is 52.2 Å². The molecular weight excluding hydrogens is 340 g/mol.